The Morgan fingerprint density at radius 2 is 1.88 bits per heavy atom. The van der Waals surface area contributed by atoms with Crippen molar-refractivity contribution in [2.24, 2.45) is 11.8 Å². The number of hydrogen-bond acceptors (Lipinski definition) is 7. The van der Waals surface area contributed by atoms with Crippen molar-refractivity contribution in [1.29, 1.82) is 0 Å². The maximum Gasteiger partial charge on any atom is 0.269 e. The molecular formula is C31H33N5O3S. The highest BCUT2D eigenvalue weighted by Crippen LogP contribution is 2.32. The molecular weight excluding hydrogens is 522 g/mol. The first-order chi connectivity index (χ1) is 19.4. The summed E-state index contributed by atoms with van der Waals surface area (Å²) in [6, 6.07) is 19.7. The zero-order valence-corrected chi connectivity index (χ0v) is 23.5. The van der Waals surface area contributed by atoms with Gasteiger partial charge in [-0.3, -0.25) is 9.69 Å². The molecule has 0 radical (unpaired) electrons. The lowest BCUT2D eigenvalue weighted by Gasteiger charge is -2.38. The third kappa shape index (κ3) is 5.77. The predicted molar refractivity (Wildman–Crippen MR) is 157 cm³/mol. The maximum absolute atomic E-state index is 13.3. The van der Waals surface area contributed by atoms with E-state index in [0.717, 1.165) is 59.4 Å². The zero-order chi connectivity index (χ0) is 27.6. The number of piperidine rings is 1. The van der Waals surface area contributed by atoms with Crippen molar-refractivity contribution in [3.05, 3.63) is 99.5 Å². The first kappa shape index (κ1) is 26.6. The summed E-state index contributed by atoms with van der Waals surface area (Å²) in [6.07, 6.45) is 3.52. The molecule has 2 unspecified atom stereocenters. The first-order valence-electron chi connectivity index (χ1n) is 13.7. The molecule has 0 amide bonds. The summed E-state index contributed by atoms with van der Waals surface area (Å²) in [7, 11) is 0. The Hall–Kier alpha value is -3.66. The van der Waals surface area contributed by atoms with E-state index in [2.05, 4.69) is 51.6 Å². The molecule has 2 aromatic carbocycles. The summed E-state index contributed by atoms with van der Waals surface area (Å²) in [5, 5.41) is 0. The summed E-state index contributed by atoms with van der Waals surface area (Å²) < 4.78 is 22.8. The molecule has 1 fully saturated rings. The van der Waals surface area contributed by atoms with E-state index in [9.17, 15) is 9.35 Å². The standard InChI is InChI=1S/C31H33N5O3S/c1-20-6-3-7-21(2)29(20)27-16-28-34-31(33-27)35-40(38)26-10-4-8-22(15-26)14-23-11-13-36(18-25(23)19-39-28)17-24-9-5-12-32-30(24)37/h3-10,12,15-16,23,25H,11,13-14,17-19H2,1-2H3,(H,32,37)(H,33,34,35)/t23?,25-,40?/m1/s1. The van der Waals surface area contributed by atoms with Gasteiger partial charge in [0, 0.05) is 42.4 Å². The third-order valence-electron chi connectivity index (χ3n) is 7.95. The molecule has 6 rings (SSSR count). The van der Waals surface area contributed by atoms with Crippen LogP contribution in [0.1, 0.15) is 28.7 Å². The van der Waals surface area contributed by atoms with Crippen LogP contribution in [0, 0.1) is 25.7 Å². The van der Waals surface area contributed by atoms with Crippen LogP contribution in [0.4, 0.5) is 5.95 Å². The van der Waals surface area contributed by atoms with Gasteiger partial charge in [0.25, 0.3) is 11.5 Å². The van der Waals surface area contributed by atoms with Gasteiger partial charge in [0.05, 0.1) is 12.3 Å². The van der Waals surface area contributed by atoms with Crippen molar-refractivity contribution in [3.63, 3.8) is 0 Å². The number of ether oxygens (including phenoxy) is 1. The monoisotopic (exact) mass is 555 g/mol. The Labute approximate surface area is 237 Å². The van der Waals surface area contributed by atoms with Gasteiger partial charge in [-0.2, -0.15) is 9.71 Å². The molecule has 4 aromatic rings. The Morgan fingerprint density at radius 3 is 2.70 bits per heavy atom. The minimum Gasteiger partial charge on any atom is -0.588 e. The van der Waals surface area contributed by atoms with E-state index < -0.39 is 11.4 Å². The lowest BCUT2D eigenvalue weighted by Crippen LogP contribution is -2.43. The second-order valence-electron chi connectivity index (χ2n) is 10.8. The number of aryl methyl sites for hydroxylation is 2. The molecule has 8 nitrogen and oxygen atoms in total. The largest absolute Gasteiger partial charge is 0.588 e. The summed E-state index contributed by atoms with van der Waals surface area (Å²) in [4.78, 5) is 27.5. The molecule has 206 valence electrons. The van der Waals surface area contributed by atoms with Crippen LogP contribution in [-0.4, -0.2) is 44.1 Å². The number of rotatable bonds is 3. The van der Waals surface area contributed by atoms with Gasteiger partial charge in [-0.25, -0.2) is 4.98 Å². The molecule has 0 spiro atoms. The van der Waals surface area contributed by atoms with Gasteiger partial charge in [-0.15, -0.1) is 0 Å². The van der Waals surface area contributed by atoms with E-state index in [4.69, 9.17) is 9.72 Å². The van der Waals surface area contributed by atoms with E-state index in [1.807, 2.05) is 42.5 Å². The van der Waals surface area contributed by atoms with Crippen molar-refractivity contribution in [2.75, 3.05) is 24.4 Å². The van der Waals surface area contributed by atoms with E-state index in [-0.39, 0.29) is 17.4 Å². The Morgan fingerprint density at radius 1 is 1.05 bits per heavy atom. The van der Waals surface area contributed by atoms with Crippen molar-refractivity contribution in [3.8, 4) is 17.1 Å². The van der Waals surface area contributed by atoms with E-state index >= 15 is 0 Å². The molecule has 40 heavy (non-hydrogen) atoms. The number of likely N-dealkylation sites (tertiary alicyclic amines) is 1. The van der Waals surface area contributed by atoms with Gasteiger partial charge in [0.2, 0.25) is 5.88 Å². The summed E-state index contributed by atoms with van der Waals surface area (Å²) in [5.74, 6) is 1.32. The molecule has 1 saturated heterocycles. The van der Waals surface area contributed by atoms with Crippen molar-refractivity contribution < 1.29 is 9.29 Å². The van der Waals surface area contributed by atoms with Crippen LogP contribution >= 0.6 is 0 Å². The van der Waals surface area contributed by atoms with E-state index in [0.29, 0.717) is 29.8 Å². The predicted octanol–water partition coefficient (Wildman–Crippen LogP) is 4.66. The normalized spacial score (nSPS) is 21.1. The number of aromatic nitrogens is 3. The number of hydrogen-bond donors (Lipinski definition) is 2. The van der Waals surface area contributed by atoms with E-state index in [1.165, 1.54) is 0 Å². The number of nitrogens with one attached hydrogen (secondary N) is 2. The lowest BCUT2D eigenvalue weighted by molar-refractivity contribution is 0.0744. The van der Waals surface area contributed by atoms with Gasteiger partial charge in [-0.1, -0.05) is 36.4 Å². The van der Waals surface area contributed by atoms with Gasteiger partial charge >= 0.3 is 0 Å². The maximum atomic E-state index is 13.3. The topological polar surface area (TPSA) is 106 Å². The average Bonchev–Trinajstić information content (AvgIpc) is 2.94. The Bertz CT molecular complexity index is 1550. The highest BCUT2D eigenvalue weighted by molar-refractivity contribution is 7.92. The second kappa shape index (κ2) is 11.4. The fourth-order valence-corrected chi connectivity index (χ4v) is 6.73. The van der Waals surface area contributed by atoms with Crippen LogP contribution in [0.25, 0.3) is 11.3 Å². The number of nitrogens with zero attached hydrogens (tertiary/aromatic N) is 3. The molecule has 4 heterocycles. The number of H-pyrrole nitrogens is 1. The van der Waals surface area contributed by atoms with Gasteiger partial charge in [0.1, 0.15) is 11.4 Å². The minimum atomic E-state index is -1.53. The van der Waals surface area contributed by atoms with Crippen LogP contribution in [0.3, 0.4) is 0 Å². The van der Waals surface area contributed by atoms with Crippen LogP contribution in [0.15, 0.2) is 76.6 Å². The average molecular weight is 556 g/mol. The lowest BCUT2D eigenvalue weighted by atomic mass is 9.81. The van der Waals surface area contributed by atoms with Crippen molar-refractivity contribution in [1.82, 2.24) is 19.9 Å². The van der Waals surface area contributed by atoms with Crippen LogP contribution in [0.2, 0.25) is 0 Å². The highest BCUT2D eigenvalue weighted by Gasteiger charge is 2.31. The smallest absolute Gasteiger partial charge is 0.269 e. The van der Waals surface area contributed by atoms with Gasteiger partial charge in [0.15, 0.2) is 4.90 Å². The summed E-state index contributed by atoms with van der Waals surface area (Å²) in [5.41, 5.74) is 5.83. The zero-order valence-electron chi connectivity index (χ0n) is 22.7. The van der Waals surface area contributed by atoms with Crippen LogP contribution < -0.4 is 15.0 Å². The van der Waals surface area contributed by atoms with Crippen molar-refractivity contribution in [2.45, 2.75) is 38.1 Å². The van der Waals surface area contributed by atoms with Crippen LogP contribution in [-0.2, 0) is 24.3 Å². The first-order valence-corrected chi connectivity index (χ1v) is 14.8. The Kier molecular flexibility index (Phi) is 7.60. The Balaban J connectivity index is 1.35. The number of fused-ring (bicyclic) bond motifs is 5. The summed E-state index contributed by atoms with van der Waals surface area (Å²) in [6.45, 7) is 6.91. The minimum absolute atomic E-state index is 0.0410. The third-order valence-corrected chi connectivity index (χ3v) is 9.00. The quantitative estimate of drug-likeness (QED) is 0.354. The number of aromatic amines is 1. The van der Waals surface area contributed by atoms with Crippen molar-refractivity contribution >= 4 is 17.3 Å². The van der Waals surface area contributed by atoms with Gasteiger partial charge in [-0.05, 0) is 74.0 Å². The second-order valence-corrected chi connectivity index (χ2v) is 12.0. The number of anilines is 1. The molecule has 2 aliphatic rings. The molecule has 2 aromatic heterocycles. The number of pyridine rings is 1. The molecule has 2 aliphatic heterocycles. The molecule has 3 atom stereocenters. The molecule has 0 aliphatic carbocycles. The molecule has 0 saturated carbocycles. The number of benzene rings is 2. The van der Waals surface area contributed by atoms with Gasteiger partial charge < -0.3 is 14.3 Å². The molecule has 2 N–H and O–H groups in total. The highest BCUT2D eigenvalue weighted by atomic mass is 32.2. The molecule has 9 heteroatoms. The van der Waals surface area contributed by atoms with E-state index in [1.54, 1.807) is 6.20 Å². The fourth-order valence-electron chi connectivity index (χ4n) is 5.89. The summed E-state index contributed by atoms with van der Waals surface area (Å²) >= 11 is -1.53. The molecule has 4 bridgehead atoms. The van der Waals surface area contributed by atoms with Crippen LogP contribution in [0.5, 0.6) is 5.88 Å². The SMILES string of the molecule is Cc1cccc(C)c1-c1cc2nc(n1)N[S+]([O-])c1cccc(c1)CC1CCN(Cc3ccc[nH]c3=O)C[C@@H]1CO2. The fraction of sp³-hybridized carbons (Fsp3) is 0.323.